The molecule has 3 fully saturated rings. The van der Waals surface area contributed by atoms with E-state index in [1.54, 1.807) is 24.0 Å². The molecule has 3 saturated heterocycles. The maximum Gasteiger partial charge on any atom is 0.332 e. The number of piperazine rings is 1. The molecule has 1 aromatic carbocycles. The fraction of sp³-hybridized carbons (Fsp3) is 0.500. The lowest BCUT2D eigenvalue weighted by molar-refractivity contribution is -0.120. The van der Waals surface area contributed by atoms with E-state index in [-0.39, 0.29) is 29.0 Å². The van der Waals surface area contributed by atoms with Crippen molar-refractivity contribution >= 4 is 46.6 Å². The highest BCUT2D eigenvalue weighted by molar-refractivity contribution is 7.80. The Balaban J connectivity index is 1.61. The van der Waals surface area contributed by atoms with Crippen molar-refractivity contribution in [1.82, 2.24) is 15.1 Å². The number of hydrogen-bond acceptors (Lipinski definition) is 4. The Morgan fingerprint density at radius 2 is 2.14 bits per heavy atom. The molecule has 1 unspecified atom stereocenters. The summed E-state index contributed by atoms with van der Waals surface area (Å²) in [6, 6.07) is 4.15. The summed E-state index contributed by atoms with van der Waals surface area (Å²) in [4.78, 5) is 31.4. The average Bonchev–Trinajstić information content (AvgIpc) is 3.34. The van der Waals surface area contributed by atoms with Crippen LogP contribution in [0.4, 0.5) is 10.5 Å². The van der Waals surface area contributed by atoms with E-state index in [1.807, 2.05) is 6.07 Å². The number of halogens is 1. The summed E-state index contributed by atoms with van der Waals surface area (Å²) in [5, 5.41) is 13.3. The molecule has 0 spiro atoms. The monoisotopic (exact) mass is 431 g/mol. The van der Waals surface area contributed by atoms with Gasteiger partial charge in [0.05, 0.1) is 28.4 Å². The van der Waals surface area contributed by atoms with Crippen LogP contribution in [0.2, 0.25) is 5.02 Å². The number of amides is 3. The highest BCUT2D eigenvalue weighted by Crippen LogP contribution is 2.43. The van der Waals surface area contributed by atoms with E-state index in [9.17, 15) is 9.59 Å². The van der Waals surface area contributed by atoms with Crippen LogP contribution in [0.1, 0.15) is 31.4 Å². The number of likely N-dealkylation sites (tertiary alicyclic amines) is 1. The number of carbonyl (C=O) groups excluding carboxylic acids is 2. The summed E-state index contributed by atoms with van der Waals surface area (Å²) in [7, 11) is 0. The fourth-order valence-electron chi connectivity index (χ4n) is 4.51. The van der Waals surface area contributed by atoms with Crippen LogP contribution in [0.15, 0.2) is 12.1 Å². The third kappa shape index (κ3) is 2.95. The van der Waals surface area contributed by atoms with Gasteiger partial charge >= 0.3 is 6.03 Å². The molecule has 152 valence electrons. The summed E-state index contributed by atoms with van der Waals surface area (Å²) < 4.78 is 0. The molecule has 0 saturated carbocycles. The second-order valence-electron chi connectivity index (χ2n) is 8.18. The lowest BCUT2D eigenvalue weighted by Gasteiger charge is -2.36. The Morgan fingerprint density at radius 3 is 2.79 bits per heavy atom. The van der Waals surface area contributed by atoms with E-state index in [4.69, 9.17) is 29.1 Å². The third-order valence-electron chi connectivity index (χ3n) is 5.91. The number of benzene rings is 1. The van der Waals surface area contributed by atoms with Crippen LogP contribution in [-0.4, -0.2) is 58.1 Å². The van der Waals surface area contributed by atoms with Gasteiger partial charge in [-0.25, -0.2) is 9.69 Å². The molecule has 1 aromatic rings. The van der Waals surface area contributed by atoms with E-state index >= 15 is 0 Å². The van der Waals surface area contributed by atoms with E-state index in [0.717, 1.165) is 13.0 Å². The van der Waals surface area contributed by atoms with Gasteiger partial charge in [0.2, 0.25) is 0 Å². The van der Waals surface area contributed by atoms with E-state index in [0.29, 0.717) is 34.4 Å². The summed E-state index contributed by atoms with van der Waals surface area (Å²) in [6.45, 7) is 7.33. The number of rotatable bonds is 3. The van der Waals surface area contributed by atoms with E-state index < -0.39 is 6.04 Å². The predicted octanol–water partition coefficient (Wildman–Crippen LogP) is 2.64. The molecule has 0 aliphatic carbocycles. The minimum absolute atomic E-state index is 0.0422. The van der Waals surface area contributed by atoms with E-state index in [1.165, 1.54) is 4.90 Å². The normalized spacial score (nSPS) is 25.1. The quantitative estimate of drug-likeness (QED) is 0.585. The molecule has 0 aromatic heterocycles. The van der Waals surface area contributed by atoms with Gasteiger partial charge in [-0.2, -0.15) is 5.26 Å². The number of nitrogens with zero attached hydrogens (tertiary/aromatic N) is 4. The van der Waals surface area contributed by atoms with Crippen LogP contribution in [-0.2, 0) is 4.79 Å². The predicted molar refractivity (Wildman–Crippen MR) is 114 cm³/mol. The zero-order chi connectivity index (χ0) is 21.0. The van der Waals surface area contributed by atoms with Gasteiger partial charge in [-0.3, -0.25) is 4.79 Å². The van der Waals surface area contributed by atoms with Crippen molar-refractivity contribution in [3.05, 3.63) is 28.3 Å². The molecular weight excluding hydrogens is 410 g/mol. The van der Waals surface area contributed by atoms with Crippen LogP contribution in [0.25, 0.3) is 0 Å². The number of nitrogens with one attached hydrogen (secondary N) is 1. The molecule has 3 heterocycles. The van der Waals surface area contributed by atoms with Gasteiger partial charge < -0.3 is 15.1 Å². The van der Waals surface area contributed by atoms with Crippen molar-refractivity contribution in [3.8, 4) is 6.07 Å². The minimum atomic E-state index is -0.547. The van der Waals surface area contributed by atoms with Crippen LogP contribution in [0.5, 0.6) is 0 Å². The second-order valence-corrected chi connectivity index (χ2v) is 8.95. The summed E-state index contributed by atoms with van der Waals surface area (Å²) in [5.41, 5.74) is 1.30. The standard InChI is InChI=1S/C20H22ClN5O2S/c1-10(2)8-23-19(29)24-9-13-6-15(24)17-18(27)26(20(28)25(13)17)14-5-4-12(7-22)16(21)11(14)3/h4-5,10,13,15,17H,6,8-9H2,1-3H3,(H,23,29)/t13-,15?,17-/m1/s1. The first-order valence-electron chi connectivity index (χ1n) is 9.66. The molecule has 3 aliphatic heterocycles. The average molecular weight is 432 g/mol. The Morgan fingerprint density at radius 1 is 1.41 bits per heavy atom. The molecule has 29 heavy (non-hydrogen) atoms. The number of imide groups is 1. The summed E-state index contributed by atoms with van der Waals surface area (Å²) >= 11 is 11.8. The molecule has 4 rings (SSSR count). The Kier molecular flexibility index (Phi) is 4.91. The molecular formula is C20H22ClN5O2S. The number of urea groups is 1. The second kappa shape index (κ2) is 7.15. The molecule has 3 atom stereocenters. The lowest BCUT2D eigenvalue weighted by atomic mass is 10.1. The first kappa shape index (κ1) is 19.9. The highest BCUT2D eigenvalue weighted by atomic mass is 35.5. The van der Waals surface area contributed by atoms with Gasteiger partial charge in [-0.15, -0.1) is 0 Å². The lowest BCUT2D eigenvalue weighted by Crippen LogP contribution is -2.57. The van der Waals surface area contributed by atoms with Gasteiger partial charge in [0, 0.05) is 13.1 Å². The van der Waals surface area contributed by atoms with Gasteiger partial charge in [0.25, 0.3) is 5.91 Å². The maximum atomic E-state index is 13.3. The SMILES string of the molecule is Cc1c(N2C(=O)[C@H]3C4C[C@H](CN4C(=S)NCC(C)C)N3C2=O)ccc(C#N)c1Cl. The third-order valence-corrected chi connectivity index (χ3v) is 6.77. The van der Waals surface area contributed by atoms with Gasteiger partial charge in [0.15, 0.2) is 5.11 Å². The van der Waals surface area contributed by atoms with Gasteiger partial charge in [-0.05, 0) is 49.2 Å². The smallest absolute Gasteiger partial charge is 0.332 e. The largest absolute Gasteiger partial charge is 0.362 e. The topological polar surface area (TPSA) is 79.7 Å². The van der Waals surface area contributed by atoms with Crippen molar-refractivity contribution in [2.45, 2.75) is 45.3 Å². The Bertz CT molecular complexity index is 959. The Labute approximate surface area is 180 Å². The van der Waals surface area contributed by atoms with Crippen molar-refractivity contribution in [3.63, 3.8) is 0 Å². The molecule has 1 N–H and O–H groups in total. The Hall–Kier alpha value is -2.37. The number of nitriles is 1. The number of carbonyl (C=O) groups is 2. The molecule has 0 radical (unpaired) electrons. The van der Waals surface area contributed by atoms with Crippen molar-refractivity contribution in [2.75, 3.05) is 18.0 Å². The van der Waals surface area contributed by atoms with Gasteiger partial charge in [0.1, 0.15) is 12.1 Å². The first-order chi connectivity index (χ1) is 13.8. The highest BCUT2D eigenvalue weighted by Gasteiger charge is 2.62. The van der Waals surface area contributed by atoms with Crippen molar-refractivity contribution in [1.29, 1.82) is 5.26 Å². The minimum Gasteiger partial charge on any atom is -0.362 e. The number of thiocarbonyl (C=S) groups is 1. The van der Waals surface area contributed by atoms with Crippen molar-refractivity contribution in [2.24, 2.45) is 5.92 Å². The van der Waals surface area contributed by atoms with Crippen LogP contribution in [0.3, 0.4) is 0 Å². The van der Waals surface area contributed by atoms with Crippen LogP contribution in [0, 0.1) is 24.2 Å². The van der Waals surface area contributed by atoms with Crippen LogP contribution < -0.4 is 10.2 Å². The summed E-state index contributed by atoms with van der Waals surface area (Å²) in [5.74, 6) is 0.196. The van der Waals surface area contributed by atoms with Crippen molar-refractivity contribution < 1.29 is 9.59 Å². The summed E-state index contributed by atoms with van der Waals surface area (Å²) in [6.07, 6.45) is 0.743. The molecule has 9 heteroatoms. The fourth-order valence-corrected chi connectivity index (χ4v) is 5.00. The van der Waals surface area contributed by atoms with Gasteiger partial charge in [-0.1, -0.05) is 25.4 Å². The number of anilines is 1. The number of hydrogen-bond donors (Lipinski definition) is 1. The van der Waals surface area contributed by atoms with E-state index in [2.05, 4.69) is 24.1 Å². The zero-order valence-corrected chi connectivity index (χ0v) is 18.0. The molecule has 3 aliphatic rings. The first-order valence-corrected chi connectivity index (χ1v) is 10.4. The maximum absolute atomic E-state index is 13.3. The molecule has 3 amide bonds. The zero-order valence-electron chi connectivity index (χ0n) is 16.5. The number of fused-ring (bicyclic) bond motifs is 5. The van der Waals surface area contributed by atoms with Crippen LogP contribution >= 0.6 is 23.8 Å². The molecule has 2 bridgehead atoms. The molecule has 7 nitrogen and oxygen atoms in total.